The first kappa shape index (κ1) is 14.5. The molecule has 1 aromatic carbocycles. The first-order valence-corrected chi connectivity index (χ1v) is 6.46. The van der Waals surface area contributed by atoms with Gasteiger partial charge in [-0.05, 0) is 24.6 Å². The van der Waals surface area contributed by atoms with E-state index in [1.54, 1.807) is 0 Å². The first-order valence-electron chi connectivity index (χ1n) is 6.08. The molecule has 0 radical (unpaired) electrons. The van der Waals surface area contributed by atoms with Gasteiger partial charge in [0.25, 0.3) is 0 Å². The maximum Gasteiger partial charge on any atom is 0.224 e. The Balaban J connectivity index is 2.20. The minimum Gasteiger partial charge on any atom is -0.354 e. The van der Waals surface area contributed by atoms with Crippen molar-refractivity contribution in [2.24, 2.45) is 0 Å². The fourth-order valence-corrected chi connectivity index (χ4v) is 1.60. The van der Waals surface area contributed by atoms with Crippen LogP contribution in [-0.4, -0.2) is 16.5 Å². The van der Waals surface area contributed by atoms with Gasteiger partial charge in [-0.1, -0.05) is 18.5 Å². The van der Waals surface area contributed by atoms with E-state index >= 15 is 0 Å². The molecule has 0 fully saturated rings. The summed E-state index contributed by atoms with van der Waals surface area (Å²) in [4.78, 5) is 7.81. The molecule has 0 aliphatic rings. The number of halogens is 3. The molecule has 1 heterocycles. The summed E-state index contributed by atoms with van der Waals surface area (Å²) in [5, 5.41) is 5.64. The van der Waals surface area contributed by atoms with E-state index in [-0.39, 0.29) is 10.8 Å². The van der Waals surface area contributed by atoms with Gasteiger partial charge in [-0.3, -0.25) is 0 Å². The lowest BCUT2D eigenvalue weighted by molar-refractivity contribution is 0.618. The smallest absolute Gasteiger partial charge is 0.224 e. The fraction of sp³-hybridized carbons (Fsp3) is 0.231. The van der Waals surface area contributed by atoms with Crippen molar-refractivity contribution in [3.63, 3.8) is 0 Å². The van der Waals surface area contributed by atoms with Crippen LogP contribution in [0.15, 0.2) is 24.4 Å². The van der Waals surface area contributed by atoms with Crippen LogP contribution in [0.1, 0.15) is 13.3 Å². The van der Waals surface area contributed by atoms with E-state index in [0.29, 0.717) is 18.2 Å². The Kier molecular flexibility index (Phi) is 4.68. The average molecular weight is 299 g/mol. The molecule has 0 spiro atoms. The van der Waals surface area contributed by atoms with Crippen molar-refractivity contribution in [3.05, 3.63) is 41.1 Å². The normalized spacial score (nSPS) is 10.4. The fourth-order valence-electron chi connectivity index (χ4n) is 1.49. The minimum atomic E-state index is -0.623. The second-order valence-electron chi connectivity index (χ2n) is 4.07. The number of rotatable bonds is 5. The van der Waals surface area contributed by atoms with Crippen LogP contribution in [0.4, 0.5) is 26.2 Å². The van der Waals surface area contributed by atoms with Crippen molar-refractivity contribution in [1.82, 2.24) is 9.97 Å². The monoisotopic (exact) mass is 298 g/mol. The van der Waals surface area contributed by atoms with Crippen LogP contribution in [0.2, 0.25) is 5.02 Å². The summed E-state index contributed by atoms with van der Waals surface area (Å²) in [6, 6.07) is 4.09. The molecule has 2 rings (SSSR count). The van der Waals surface area contributed by atoms with Crippen LogP contribution in [-0.2, 0) is 0 Å². The number of aromatic nitrogens is 2. The zero-order chi connectivity index (χ0) is 14.5. The molecular weight excluding hydrogens is 286 g/mol. The lowest BCUT2D eigenvalue weighted by Crippen LogP contribution is -2.07. The second-order valence-corrected chi connectivity index (χ2v) is 4.48. The summed E-state index contributed by atoms with van der Waals surface area (Å²) >= 11 is 5.58. The van der Waals surface area contributed by atoms with Crippen LogP contribution in [0.5, 0.6) is 0 Å². The molecule has 0 saturated heterocycles. The molecule has 106 valence electrons. The van der Waals surface area contributed by atoms with Gasteiger partial charge >= 0.3 is 0 Å². The molecule has 1 aromatic heterocycles. The zero-order valence-corrected chi connectivity index (χ0v) is 11.5. The van der Waals surface area contributed by atoms with E-state index < -0.39 is 11.6 Å². The maximum atomic E-state index is 13.6. The van der Waals surface area contributed by atoms with Crippen molar-refractivity contribution in [3.8, 4) is 0 Å². The highest BCUT2D eigenvalue weighted by atomic mass is 35.5. The van der Waals surface area contributed by atoms with Crippen LogP contribution < -0.4 is 10.6 Å². The van der Waals surface area contributed by atoms with Gasteiger partial charge in [-0.15, -0.1) is 0 Å². The van der Waals surface area contributed by atoms with Crippen LogP contribution in [0.25, 0.3) is 0 Å². The summed E-state index contributed by atoms with van der Waals surface area (Å²) < 4.78 is 26.9. The van der Waals surface area contributed by atoms with E-state index in [0.717, 1.165) is 12.6 Å². The van der Waals surface area contributed by atoms with Crippen molar-refractivity contribution >= 4 is 29.1 Å². The Morgan fingerprint density at radius 3 is 2.75 bits per heavy atom. The van der Waals surface area contributed by atoms with E-state index in [9.17, 15) is 8.78 Å². The molecule has 2 aromatic rings. The third-order valence-corrected chi connectivity index (χ3v) is 2.77. The van der Waals surface area contributed by atoms with Crippen molar-refractivity contribution in [2.45, 2.75) is 13.3 Å². The second kappa shape index (κ2) is 6.47. The molecular formula is C13H13ClF2N4. The summed E-state index contributed by atoms with van der Waals surface area (Å²) in [7, 11) is 0. The molecule has 0 aliphatic heterocycles. The first-order chi connectivity index (χ1) is 9.60. The lowest BCUT2D eigenvalue weighted by atomic mass is 10.3. The highest BCUT2D eigenvalue weighted by Gasteiger charge is 2.08. The number of nitrogens with zero attached hydrogens (tertiary/aromatic N) is 2. The molecule has 0 saturated carbocycles. The van der Waals surface area contributed by atoms with E-state index in [1.807, 2.05) is 6.92 Å². The van der Waals surface area contributed by atoms with Gasteiger partial charge in [-0.2, -0.15) is 4.98 Å². The molecule has 4 nitrogen and oxygen atoms in total. The van der Waals surface area contributed by atoms with Crippen LogP contribution in [0.3, 0.4) is 0 Å². The Hall–Kier alpha value is -1.95. The van der Waals surface area contributed by atoms with Crippen molar-refractivity contribution < 1.29 is 8.78 Å². The molecule has 2 N–H and O–H groups in total. The van der Waals surface area contributed by atoms with Crippen LogP contribution >= 0.6 is 11.6 Å². The molecule has 0 unspecified atom stereocenters. The van der Waals surface area contributed by atoms with Crippen LogP contribution in [0, 0.1) is 11.6 Å². The number of nitrogens with one attached hydrogen (secondary N) is 2. The Morgan fingerprint density at radius 1 is 1.25 bits per heavy atom. The average Bonchev–Trinajstić information content (AvgIpc) is 2.44. The predicted molar refractivity (Wildman–Crippen MR) is 75.5 cm³/mol. The molecule has 0 amide bonds. The van der Waals surface area contributed by atoms with Gasteiger partial charge in [0.15, 0.2) is 11.6 Å². The highest BCUT2D eigenvalue weighted by Crippen LogP contribution is 2.22. The molecule has 20 heavy (non-hydrogen) atoms. The molecule has 0 aliphatic carbocycles. The van der Waals surface area contributed by atoms with Crippen molar-refractivity contribution in [2.75, 3.05) is 17.2 Å². The summed E-state index contributed by atoms with van der Waals surface area (Å²) in [6.07, 6.45) is 1.95. The van der Waals surface area contributed by atoms with Gasteiger partial charge in [0.05, 0.1) is 11.2 Å². The van der Waals surface area contributed by atoms with Crippen molar-refractivity contribution in [1.29, 1.82) is 0 Å². The SMILES string of the molecule is CCCNc1ncc(F)c(Nc2ccc(Cl)c(F)c2)n1. The standard InChI is InChI=1S/C13H13ClF2N4/c1-2-5-17-13-18-7-11(16)12(20-13)19-8-3-4-9(14)10(15)6-8/h3-4,6-7H,2,5H2,1H3,(H2,17,18,19,20). The largest absolute Gasteiger partial charge is 0.354 e. The van der Waals surface area contributed by atoms with Gasteiger partial charge in [0.1, 0.15) is 5.82 Å². The maximum absolute atomic E-state index is 13.6. The Bertz CT molecular complexity index is 607. The predicted octanol–water partition coefficient (Wildman–Crippen LogP) is 3.97. The van der Waals surface area contributed by atoms with E-state index in [1.165, 1.54) is 18.2 Å². The topological polar surface area (TPSA) is 49.8 Å². The van der Waals surface area contributed by atoms with E-state index in [2.05, 4.69) is 20.6 Å². The summed E-state index contributed by atoms with van der Waals surface area (Å²) in [6.45, 7) is 2.67. The molecule has 0 atom stereocenters. The summed E-state index contributed by atoms with van der Waals surface area (Å²) in [5.74, 6) is -0.927. The Morgan fingerprint density at radius 2 is 2.05 bits per heavy atom. The van der Waals surface area contributed by atoms with Gasteiger partial charge in [0, 0.05) is 12.2 Å². The number of benzene rings is 1. The molecule has 0 bridgehead atoms. The third-order valence-electron chi connectivity index (χ3n) is 2.46. The number of hydrogen-bond donors (Lipinski definition) is 2. The highest BCUT2D eigenvalue weighted by molar-refractivity contribution is 6.30. The minimum absolute atomic E-state index is 0.00371. The number of hydrogen-bond acceptors (Lipinski definition) is 4. The van der Waals surface area contributed by atoms with Gasteiger partial charge in [-0.25, -0.2) is 13.8 Å². The van der Waals surface area contributed by atoms with E-state index in [4.69, 9.17) is 11.6 Å². The number of anilines is 3. The van der Waals surface area contributed by atoms with Gasteiger partial charge in [0.2, 0.25) is 5.95 Å². The molecule has 7 heteroatoms. The summed E-state index contributed by atoms with van der Waals surface area (Å²) in [5.41, 5.74) is 0.353. The van der Waals surface area contributed by atoms with Gasteiger partial charge < -0.3 is 10.6 Å². The Labute approximate surface area is 120 Å². The third kappa shape index (κ3) is 3.54. The zero-order valence-electron chi connectivity index (χ0n) is 10.8. The quantitative estimate of drug-likeness (QED) is 0.877. The lowest BCUT2D eigenvalue weighted by Gasteiger charge is -2.09.